The quantitative estimate of drug-likeness (QED) is 0.612. The number of non-ortho nitro benzene ring substituents is 1. The van der Waals surface area contributed by atoms with E-state index in [1.165, 1.54) is 12.1 Å². The molecule has 1 aromatic rings. The predicted octanol–water partition coefficient (Wildman–Crippen LogP) is 1.66. The molecule has 0 heterocycles. The van der Waals surface area contributed by atoms with Gasteiger partial charge in [0.05, 0.1) is 11.3 Å². The van der Waals surface area contributed by atoms with Crippen LogP contribution in [0, 0.1) is 10.1 Å². The number of nitro groups is 1. The Hall–Kier alpha value is -2.65. The third kappa shape index (κ3) is 5.38. The highest BCUT2D eigenvalue weighted by Crippen LogP contribution is 2.17. The van der Waals surface area contributed by atoms with E-state index in [-0.39, 0.29) is 12.1 Å². The molecule has 1 aromatic carbocycles. The molecular weight excluding hydrogens is 309 g/mol. The largest absolute Gasteiger partial charge is 0.481 e. The minimum absolute atomic E-state index is 0.202. The van der Waals surface area contributed by atoms with Crippen LogP contribution in [0.25, 0.3) is 0 Å². The summed E-state index contributed by atoms with van der Waals surface area (Å²) in [6.45, 7) is 0. The van der Waals surface area contributed by atoms with Crippen LogP contribution in [-0.4, -0.2) is 34.1 Å². The van der Waals surface area contributed by atoms with Crippen molar-refractivity contribution in [1.29, 1.82) is 0 Å². The molecule has 0 unspecified atom stereocenters. The smallest absolute Gasteiger partial charge is 0.471 e. The molecule has 0 aliphatic heterocycles. The van der Waals surface area contributed by atoms with E-state index in [4.69, 9.17) is 5.11 Å². The van der Waals surface area contributed by atoms with Crippen LogP contribution in [0.15, 0.2) is 24.3 Å². The number of nitrogens with zero attached hydrogens (tertiary/aromatic N) is 1. The third-order valence-electron chi connectivity index (χ3n) is 2.64. The van der Waals surface area contributed by atoms with Crippen LogP contribution in [0.3, 0.4) is 0 Å². The number of carboxylic acid groups (broad SMARTS) is 1. The molecule has 0 fully saturated rings. The minimum atomic E-state index is -5.12. The van der Waals surface area contributed by atoms with E-state index in [0.29, 0.717) is 5.56 Å². The molecular formula is C12H11F3N2O5. The first-order valence-corrected chi connectivity index (χ1v) is 5.92. The van der Waals surface area contributed by atoms with Gasteiger partial charge in [-0.05, 0) is 12.0 Å². The van der Waals surface area contributed by atoms with Gasteiger partial charge in [0.25, 0.3) is 5.69 Å². The molecule has 2 N–H and O–H groups in total. The Labute approximate surface area is 121 Å². The number of alkyl halides is 3. The molecule has 1 rings (SSSR count). The van der Waals surface area contributed by atoms with Crippen LogP contribution in [0.2, 0.25) is 0 Å². The lowest BCUT2D eigenvalue weighted by Crippen LogP contribution is -2.45. The highest BCUT2D eigenvalue weighted by atomic mass is 19.4. The summed E-state index contributed by atoms with van der Waals surface area (Å²) >= 11 is 0. The van der Waals surface area contributed by atoms with Gasteiger partial charge in [-0.15, -0.1) is 0 Å². The van der Waals surface area contributed by atoms with Crippen LogP contribution >= 0.6 is 0 Å². The Balaban J connectivity index is 2.82. The first-order valence-electron chi connectivity index (χ1n) is 5.92. The summed E-state index contributed by atoms with van der Waals surface area (Å²) in [7, 11) is 0. The van der Waals surface area contributed by atoms with Crippen LogP contribution in [0.1, 0.15) is 12.0 Å². The summed E-state index contributed by atoms with van der Waals surface area (Å²) < 4.78 is 36.6. The molecule has 0 radical (unpaired) electrons. The number of nitro benzene ring substituents is 1. The van der Waals surface area contributed by atoms with Gasteiger partial charge in [0.2, 0.25) is 0 Å². The molecule has 22 heavy (non-hydrogen) atoms. The molecule has 1 amide bonds. The summed E-state index contributed by atoms with van der Waals surface area (Å²) in [6, 6.07) is 3.56. The van der Waals surface area contributed by atoms with Crippen molar-refractivity contribution in [3.05, 3.63) is 39.9 Å². The average molecular weight is 320 g/mol. The van der Waals surface area contributed by atoms with Gasteiger partial charge in [-0.25, -0.2) is 0 Å². The fraction of sp³-hybridized carbons (Fsp3) is 0.333. The lowest BCUT2D eigenvalue weighted by molar-refractivity contribution is -0.384. The zero-order valence-electron chi connectivity index (χ0n) is 11.0. The molecule has 0 aliphatic carbocycles. The van der Waals surface area contributed by atoms with E-state index < -0.39 is 35.4 Å². The second kappa shape index (κ2) is 6.87. The second-order valence-corrected chi connectivity index (χ2v) is 4.39. The Morgan fingerprint density at radius 3 is 2.23 bits per heavy atom. The Bertz CT molecular complexity index is 571. The van der Waals surface area contributed by atoms with E-state index in [1.54, 1.807) is 5.32 Å². The summed E-state index contributed by atoms with van der Waals surface area (Å²) in [5.74, 6) is -3.62. The highest BCUT2D eigenvalue weighted by molar-refractivity contribution is 5.82. The Kier molecular flexibility index (Phi) is 5.44. The maximum Gasteiger partial charge on any atom is 0.471 e. The van der Waals surface area contributed by atoms with Crippen molar-refractivity contribution in [2.75, 3.05) is 0 Å². The number of hydrogen-bond acceptors (Lipinski definition) is 4. The number of hydrogen-bond donors (Lipinski definition) is 2. The van der Waals surface area contributed by atoms with Crippen LogP contribution < -0.4 is 5.32 Å². The number of aliphatic carboxylic acids is 1. The van der Waals surface area contributed by atoms with Gasteiger partial charge in [0.1, 0.15) is 0 Å². The van der Waals surface area contributed by atoms with Crippen molar-refractivity contribution in [2.24, 2.45) is 0 Å². The van der Waals surface area contributed by atoms with Gasteiger partial charge in [-0.3, -0.25) is 19.7 Å². The molecule has 0 aromatic heterocycles. The Morgan fingerprint density at radius 2 is 1.82 bits per heavy atom. The van der Waals surface area contributed by atoms with Gasteiger partial charge in [-0.1, -0.05) is 12.1 Å². The molecule has 0 spiro atoms. The summed E-state index contributed by atoms with van der Waals surface area (Å²) in [6.07, 6.45) is -6.03. The molecule has 7 nitrogen and oxygen atoms in total. The van der Waals surface area contributed by atoms with Gasteiger partial charge in [-0.2, -0.15) is 13.2 Å². The van der Waals surface area contributed by atoms with E-state index in [1.807, 2.05) is 0 Å². The highest BCUT2D eigenvalue weighted by Gasteiger charge is 2.39. The van der Waals surface area contributed by atoms with Gasteiger partial charge in [0.15, 0.2) is 0 Å². The average Bonchev–Trinajstić information content (AvgIpc) is 2.37. The fourth-order valence-electron chi connectivity index (χ4n) is 1.69. The SMILES string of the molecule is O=C(O)C[C@@H](Cc1ccc([N+](=O)[O-])cc1)NC(=O)C(F)(F)F. The maximum absolute atomic E-state index is 12.2. The Morgan fingerprint density at radius 1 is 1.27 bits per heavy atom. The minimum Gasteiger partial charge on any atom is -0.481 e. The van der Waals surface area contributed by atoms with Gasteiger partial charge in [0, 0.05) is 18.2 Å². The molecule has 0 saturated carbocycles. The number of rotatable bonds is 6. The zero-order valence-corrected chi connectivity index (χ0v) is 11.0. The van der Waals surface area contributed by atoms with Crippen LogP contribution in [-0.2, 0) is 16.0 Å². The third-order valence-corrected chi connectivity index (χ3v) is 2.64. The number of carbonyl (C=O) groups excluding carboxylic acids is 1. The molecule has 0 saturated heterocycles. The first kappa shape index (κ1) is 17.4. The standard InChI is InChI=1S/C12H11F3N2O5/c13-12(14,15)11(20)16-8(6-10(18)19)5-7-1-3-9(4-2-7)17(21)22/h1-4,8H,5-6H2,(H,16,20)(H,18,19)/t8-/m1/s1. The van der Waals surface area contributed by atoms with Crippen LogP contribution in [0.4, 0.5) is 18.9 Å². The number of halogens is 3. The van der Waals surface area contributed by atoms with Crippen molar-refractivity contribution in [3.8, 4) is 0 Å². The topological polar surface area (TPSA) is 110 Å². The maximum atomic E-state index is 12.2. The van der Waals surface area contributed by atoms with Gasteiger partial charge < -0.3 is 10.4 Å². The summed E-state index contributed by atoms with van der Waals surface area (Å²) in [5.41, 5.74) is 0.150. The van der Waals surface area contributed by atoms with E-state index in [2.05, 4.69) is 0 Å². The number of nitrogens with one attached hydrogen (secondary N) is 1. The van der Waals surface area contributed by atoms with E-state index >= 15 is 0 Å². The monoisotopic (exact) mass is 320 g/mol. The van der Waals surface area contributed by atoms with E-state index in [0.717, 1.165) is 12.1 Å². The van der Waals surface area contributed by atoms with Crippen molar-refractivity contribution < 1.29 is 32.8 Å². The number of amides is 1. The van der Waals surface area contributed by atoms with Gasteiger partial charge >= 0.3 is 18.1 Å². The molecule has 10 heteroatoms. The predicted molar refractivity (Wildman–Crippen MR) is 67.0 cm³/mol. The number of carboxylic acids is 1. The fourth-order valence-corrected chi connectivity index (χ4v) is 1.69. The molecule has 1 atom stereocenters. The molecule has 120 valence electrons. The molecule has 0 aliphatic rings. The number of carbonyl (C=O) groups is 2. The summed E-state index contributed by atoms with van der Waals surface area (Å²) in [4.78, 5) is 31.4. The van der Waals surface area contributed by atoms with Crippen molar-refractivity contribution in [2.45, 2.75) is 25.1 Å². The lowest BCUT2D eigenvalue weighted by Gasteiger charge is -2.18. The lowest BCUT2D eigenvalue weighted by atomic mass is 10.0. The van der Waals surface area contributed by atoms with Crippen LogP contribution in [0.5, 0.6) is 0 Å². The van der Waals surface area contributed by atoms with Crippen molar-refractivity contribution >= 4 is 17.6 Å². The van der Waals surface area contributed by atoms with Crippen molar-refractivity contribution in [1.82, 2.24) is 5.32 Å². The zero-order chi connectivity index (χ0) is 16.9. The number of benzene rings is 1. The van der Waals surface area contributed by atoms with E-state index in [9.17, 15) is 32.9 Å². The first-order chi connectivity index (χ1) is 10.1. The van der Waals surface area contributed by atoms with Crippen molar-refractivity contribution in [3.63, 3.8) is 0 Å². The molecule has 0 bridgehead atoms. The normalized spacial score (nSPS) is 12.5. The summed E-state index contributed by atoms with van der Waals surface area (Å²) in [5, 5.41) is 20.7. The second-order valence-electron chi connectivity index (χ2n) is 4.39.